The molecule has 0 saturated heterocycles. The van der Waals surface area contributed by atoms with Crippen LogP contribution in [0.15, 0.2) is 0 Å². The molecule has 0 aromatic carbocycles. The molecule has 0 aliphatic heterocycles. The normalized spacial score (nSPS) is 13.8. The van der Waals surface area contributed by atoms with Gasteiger partial charge in [0.1, 0.15) is 5.78 Å². The van der Waals surface area contributed by atoms with Crippen molar-refractivity contribution in [3.05, 3.63) is 0 Å². The van der Waals surface area contributed by atoms with Gasteiger partial charge in [-0.2, -0.15) is 0 Å². The molecular weight excluding hydrogens is 200 g/mol. The lowest BCUT2D eigenvalue weighted by Gasteiger charge is -2.31. The monoisotopic (exact) mass is 226 g/mol. The van der Waals surface area contributed by atoms with Gasteiger partial charge in [0.2, 0.25) is 0 Å². The summed E-state index contributed by atoms with van der Waals surface area (Å²) in [5, 5.41) is 0. The summed E-state index contributed by atoms with van der Waals surface area (Å²) >= 11 is 0. The molecule has 0 aromatic rings. The van der Waals surface area contributed by atoms with Gasteiger partial charge in [-0.15, -0.1) is 0 Å². The van der Waals surface area contributed by atoms with Gasteiger partial charge < -0.3 is 0 Å². The average Bonchev–Trinajstić information content (AvgIpc) is 1.97. The van der Waals surface area contributed by atoms with Gasteiger partial charge in [0.05, 0.1) is 5.41 Å². The van der Waals surface area contributed by atoms with Crippen molar-refractivity contribution >= 4 is 11.6 Å². The Morgan fingerprint density at radius 2 is 1.19 bits per heavy atom. The first kappa shape index (κ1) is 15.3. The van der Waals surface area contributed by atoms with Crippen LogP contribution in [0.3, 0.4) is 0 Å². The maximum Gasteiger partial charge on any atom is 0.151 e. The van der Waals surface area contributed by atoms with Gasteiger partial charge in [-0.1, -0.05) is 41.5 Å². The average molecular weight is 226 g/mol. The van der Waals surface area contributed by atoms with Crippen molar-refractivity contribution in [2.24, 2.45) is 16.2 Å². The first-order valence-electron chi connectivity index (χ1n) is 5.87. The maximum atomic E-state index is 12.2. The maximum absolute atomic E-state index is 12.2. The van der Waals surface area contributed by atoms with Crippen LogP contribution in [-0.2, 0) is 9.59 Å². The molecule has 0 aliphatic carbocycles. The molecule has 0 saturated carbocycles. The summed E-state index contributed by atoms with van der Waals surface area (Å²) in [7, 11) is 0. The third-order valence-corrected chi connectivity index (χ3v) is 2.64. The molecule has 0 atom stereocenters. The molecule has 2 heteroatoms. The van der Waals surface area contributed by atoms with Crippen molar-refractivity contribution in [3.63, 3.8) is 0 Å². The van der Waals surface area contributed by atoms with Crippen LogP contribution < -0.4 is 0 Å². The molecule has 0 aliphatic rings. The Morgan fingerprint density at radius 1 is 0.812 bits per heavy atom. The lowest BCUT2D eigenvalue weighted by molar-refractivity contribution is -0.144. The molecule has 0 bridgehead atoms. The summed E-state index contributed by atoms with van der Waals surface area (Å²) in [5.41, 5.74) is -1.39. The minimum absolute atomic E-state index is 0.0225. The van der Waals surface area contributed by atoms with E-state index in [0.717, 1.165) is 0 Å². The molecule has 0 amide bonds. The van der Waals surface area contributed by atoms with E-state index in [9.17, 15) is 9.59 Å². The Labute approximate surface area is 99.8 Å². The van der Waals surface area contributed by atoms with Crippen LogP contribution >= 0.6 is 0 Å². The molecule has 0 fully saturated rings. The van der Waals surface area contributed by atoms with Gasteiger partial charge in [0, 0.05) is 11.8 Å². The minimum atomic E-state index is -0.870. The van der Waals surface area contributed by atoms with E-state index in [4.69, 9.17) is 0 Å². The van der Waals surface area contributed by atoms with Crippen molar-refractivity contribution in [1.29, 1.82) is 0 Å². The molecule has 16 heavy (non-hydrogen) atoms. The van der Waals surface area contributed by atoms with Crippen molar-refractivity contribution in [3.8, 4) is 0 Å². The quantitative estimate of drug-likeness (QED) is 0.689. The molecular formula is C14H26O2. The SMILES string of the molecule is CC(C)(C)CC(=O)C(C)(C)C(=O)C(C)(C)C. The number of carbonyl (C=O) groups excluding carboxylic acids is 2. The molecule has 2 nitrogen and oxygen atoms in total. The Bertz CT molecular complexity index is 285. The Kier molecular flexibility index (Phi) is 4.13. The van der Waals surface area contributed by atoms with E-state index in [1.165, 1.54) is 0 Å². The number of hydrogen-bond donors (Lipinski definition) is 0. The molecule has 94 valence electrons. The van der Waals surface area contributed by atoms with Gasteiger partial charge >= 0.3 is 0 Å². The van der Waals surface area contributed by atoms with E-state index in [-0.39, 0.29) is 17.0 Å². The molecule has 0 heterocycles. The van der Waals surface area contributed by atoms with Gasteiger partial charge in [-0.25, -0.2) is 0 Å². The summed E-state index contributed by atoms with van der Waals surface area (Å²) in [5.74, 6) is 0.0641. The highest BCUT2D eigenvalue weighted by atomic mass is 16.2. The predicted molar refractivity (Wildman–Crippen MR) is 67.3 cm³/mol. The predicted octanol–water partition coefficient (Wildman–Crippen LogP) is 3.63. The second-order valence-corrected chi connectivity index (χ2v) is 7.36. The van der Waals surface area contributed by atoms with Gasteiger partial charge in [-0.05, 0) is 19.3 Å². The molecule has 0 rings (SSSR count). The molecule has 0 unspecified atom stereocenters. The Hall–Kier alpha value is -0.660. The number of hydrogen-bond acceptors (Lipinski definition) is 2. The smallest absolute Gasteiger partial charge is 0.151 e. The molecule has 0 spiro atoms. The second-order valence-electron chi connectivity index (χ2n) is 7.36. The number of rotatable bonds is 3. The topological polar surface area (TPSA) is 34.1 Å². The largest absolute Gasteiger partial charge is 0.299 e. The Morgan fingerprint density at radius 3 is 1.44 bits per heavy atom. The number of ketones is 2. The fraction of sp³-hybridized carbons (Fsp3) is 0.857. The standard InChI is InChI=1S/C14H26O2/c1-12(2,3)9-10(15)14(7,8)11(16)13(4,5)6/h9H2,1-8H3. The van der Waals surface area contributed by atoms with Gasteiger partial charge in [0.15, 0.2) is 5.78 Å². The van der Waals surface area contributed by atoms with E-state index in [0.29, 0.717) is 6.42 Å². The first-order chi connectivity index (χ1) is 6.78. The van der Waals surface area contributed by atoms with Crippen molar-refractivity contribution in [1.82, 2.24) is 0 Å². The van der Waals surface area contributed by atoms with E-state index in [1.807, 2.05) is 41.5 Å². The van der Waals surface area contributed by atoms with Crippen LogP contribution in [0.5, 0.6) is 0 Å². The summed E-state index contributed by atoms with van der Waals surface area (Å²) in [4.78, 5) is 24.3. The van der Waals surface area contributed by atoms with E-state index >= 15 is 0 Å². The Balaban J connectivity index is 4.94. The number of carbonyl (C=O) groups is 2. The zero-order valence-electron chi connectivity index (χ0n) is 12.0. The first-order valence-corrected chi connectivity index (χ1v) is 5.87. The highest BCUT2D eigenvalue weighted by Crippen LogP contribution is 2.33. The lowest BCUT2D eigenvalue weighted by Crippen LogP contribution is -2.42. The lowest BCUT2D eigenvalue weighted by atomic mass is 9.69. The van der Waals surface area contributed by atoms with Crippen LogP contribution in [0, 0.1) is 16.2 Å². The molecule has 0 aromatic heterocycles. The summed E-state index contributed by atoms with van der Waals surface area (Å²) in [6.07, 6.45) is 0.446. The fourth-order valence-corrected chi connectivity index (χ4v) is 1.77. The van der Waals surface area contributed by atoms with E-state index < -0.39 is 10.8 Å². The van der Waals surface area contributed by atoms with Gasteiger partial charge in [-0.3, -0.25) is 9.59 Å². The van der Waals surface area contributed by atoms with E-state index in [2.05, 4.69) is 0 Å². The van der Waals surface area contributed by atoms with Gasteiger partial charge in [0.25, 0.3) is 0 Å². The minimum Gasteiger partial charge on any atom is -0.299 e. The summed E-state index contributed by atoms with van der Waals surface area (Å²) in [6.45, 7) is 15.1. The van der Waals surface area contributed by atoms with Crippen LogP contribution in [0.2, 0.25) is 0 Å². The van der Waals surface area contributed by atoms with Crippen LogP contribution in [-0.4, -0.2) is 11.6 Å². The highest BCUT2D eigenvalue weighted by molar-refractivity contribution is 6.08. The van der Waals surface area contributed by atoms with Crippen LogP contribution in [0.4, 0.5) is 0 Å². The van der Waals surface area contributed by atoms with Crippen LogP contribution in [0.1, 0.15) is 61.8 Å². The van der Waals surface area contributed by atoms with Crippen molar-refractivity contribution in [2.45, 2.75) is 61.8 Å². The molecule has 0 radical (unpaired) electrons. The number of Topliss-reactive ketones (excluding diaryl/α,β-unsaturated/α-hetero) is 2. The van der Waals surface area contributed by atoms with Crippen molar-refractivity contribution < 1.29 is 9.59 Å². The van der Waals surface area contributed by atoms with Crippen molar-refractivity contribution in [2.75, 3.05) is 0 Å². The second kappa shape index (κ2) is 4.31. The van der Waals surface area contributed by atoms with E-state index in [1.54, 1.807) is 13.8 Å². The summed E-state index contributed by atoms with van der Waals surface area (Å²) < 4.78 is 0. The third kappa shape index (κ3) is 4.07. The zero-order valence-corrected chi connectivity index (χ0v) is 12.0. The fourth-order valence-electron chi connectivity index (χ4n) is 1.77. The summed E-state index contributed by atoms with van der Waals surface area (Å²) in [6, 6.07) is 0. The molecule has 0 N–H and O–H groups in total. The highest BCUT2D eigenvalue weighted by Gasteiger charge is 2.42. The van der Waals surface area contributed by atoms with Crippen LogP contribution in [0.25, 0.3) is 0 Å². The zero-order chi connectivity index (χ0) is 13.4. The third-order valence-electron chi connectivity index (χ3n) is 2.64.